The number of rotatable bonds is 5. The van der Waals surface area contributed by atoms with Crippen LogP contribution in [0.3, 0.4) is 0 Å². The maximum absolute atomic E-state index is 13.5. The maximum atomic E-state index is 13.5. The van der Waals surface area contributed by atoms with Crippen molar-refractivity contribution in [3.8, 4) is 6.07 Å². The molecule has 0 spiro atoms. The van der Waals surface area contributed by atoms with Gasteiger partial charge < -0.3 is 4.74 Å². The monoisotopic (exact) mass is 283 g/mol. The third kappa shape index (κ3) is 4.45. The largest absolute Gasteiger partial charge is 0.469 e. The molecule has 0 fully saturated rings. The van der Waals surface area contributed by atoms with Crippen LogP contribution in [0.4, 0.5) is 4.39 Å². The van der Waals surface area contributed by atoms with Gasteiger partial charge in [-0.15, -0.1) is 0 Å². The number of esters is 1. The van der Waals surface area contributed by atoms with Gasteiger partial charge in [0.15, 0.2) is 0 Å². The number of nitriles is 1. The minimum Gasteiger partial charge on any atom is -0.469 e. The van der Waals surface area contributed by atoms with Gasteiger partial charge in [0.25, 0.3) is 0 Å². The molecule has 4 nitrogen and oxygen atoms in total. The number of halogens is 1. The first-order chi connectivity index (χ1) is 8.97. The Balaban J connectivity index is 2.77. The van der Waals surface area contributed by atoms with Gasteiger partial charge in [-0.05, 0) is 18.2 Å². The number of ether oxygens (including phenoxy) is 1. The van der Waals surface area contributed by atoms with E-state index in [0.29, 0.717) is 5.56 Å². The number of nitrogens with zero attached hydrogens (tertiary/aromatic N) is 1. The molecular formula is C13H14FNO3S. The molecule has 0 radical (unpaired) electrons. The van der Waals surface area contributed by atoms with Crippen molar-refractivity contribution in [3.05, 3.63) is 35.1 Å². The van der Waals surface area contributed by atoms with Crippen LogP contribution >= 0.6 is 0 Å². The lowest BCUT2D eigenvalue weighted by Crippen LogP contribution is -2.18. The first kappa shape index (κ1) is 15.3. The molecule has 2 atom stereocenters. The van der Waals surface area contributed by atoms with Gasteiger partial charge in [-0.2, -0.15) is 5.26 Å². The van der Waals surface area contributed by atoms with Crippen molar-refractivity contribution in [3.63, 3.8) is 0 Å². The average molecular weight is 283 g/mol. The van der Waals surface area contributed by atoms with Crippen LogP contribution in [0, 0.1) is 17.1 Å². The molecule has 0 amide bonds. The zero-order chi connectivity index (χ0) is 14.4. The van der Waals surface area contributed by atoms with Crippen LogP contribution in [-0.4, -0.2) is 22.5 Å². The summed E-state index contributed by atoms with van der Waals surface area (Å²) < 4.78 is 30.0. The van der Waals surface area contributed by atoms with E-state index in [9.17, 15) is 13.4 Å². The van der Waals surface area contributed by atoms with Gasteiger partial charge >= 0.3 is 5.97 Å². The number of carbonyl (C=O) groups is 1. The maximum Gasteiger partial charge on any atom is 0.306 e. The van der Waals surface area contributed by atoms with Crippen LogP contribution in [0.25, 0.3) is 0 Å². The summed E-state index contributed by atoms with van der Waals surface area (Å²) >= 11 is 0. The molecule has 0 aliphatic carbocycles. The van der Waals surface area contributed by atoms with Crippen molar-refractivity contribution in [2.24, 2.45) is 0 Å². The molecule has 0 N–H and O–H groups in total. The Bertz CT molecular complexity index is 539. The Hall–Kier alpha value is -1.74. The highest BCUT2D eigenvalue weighted by Crippen LogP contribution is 2.15. The molecule has 102 valence electrons. The molecular weight excluding hydrogens is 269 g/mol. The van der Waals surface area contributed by atoms with E-state index in [2.05, 4.69) is 4.74 Å². The molecule has 6 heteroatoms. The minimum absolute atomic E-state index is 0.0165. The van der Waals surface area contributed by atoms with Crippen LogP contribution in [0.15, 0.2) is 18.2 Å². The van der Waals surface area contributed by atoms with Crippen molar-refractivity contribution in [1.82, 2.24) is 0 Å². The van der Waals surface area contributed by atoms with E-state index in [4.69, 9.17) is 5.26 Å². The first-order valence-electron chi connectivity index (χ1n) is 5.60. The third-order valence-corrected chi connectivity index (χ3v) is 4.26. The fourth-order valence-corrected chi connectivity index (χ4v) is 2.60. The van der Waals surface area contributed by atoms with Crippen LogP contribution in [-0.2, 0) is 26.1 Å². The zero-order valence-corrected chi connectivity index (χ0v) is 11.5. The summed E-state index contributed by atoms with van der Waals surface area (Å²) in [4.78, 5) is 11.1. The molecule has 0 aliphatic heterocycles. The molecule has 2 unspecified atom stereocenters. The molecule has 0 heterocycles. The Morgan fingerprint density at radius 2 is 2.26 bits per heavy atom. The molecule has 19 heavy (non-hydrogen) atoms. The fraction of sp³-hybridized carbons (Fsp3) is 0.385. The number of methoxy groups -OCH3 is 1. The molecule has 1 aromatic rings. The van der Waals surface area contributed by atoms with Crippen molar-refractivity contribution >= 4 is 16.8 Å². The quantitative estimate of drug-likeness (QED) is 0.774. The Morgan fingerprint density at radius 3 is 2.84 bits per heavy atom. The van der Waals surface area contributed by atoms with E-state index in [-0.39, 0.29) is 17.7 Å². The van der Waals surface area contributed by atoms with Gasteiger partial charge in [0, 0.05) is 21.6 Å². The van der Waals surface area contributed by atoms with Gasteiger partial charge in [-0.25, -0.2) is 4.39 Å². The number of hydrogen-bond donors (Lipinski definition) is 0. The van der Waals surface area contributed by atoms with Crippen LogP contribution < -0.4 is 0 Å². The number of hydrogen-bond acceptors (Lipinski definition) is 4. The molecule has 0 saturated heterocycles. The van der Waals surface area contributed by atoms with E-state index >= 15 is 0 Å². The summed E-state index contributed by atoms with van der Waals surface area (Å²) in [5.74, 6) is -0.982. The predicted octanol–water partition coefficient (Wildman–Crippen LogP) is 1.90. The van der Waals surface area contributed by atoms with Crippen LogP contribution in [0.2, 0.25) is 0 Å². The predicted molar refractivity (Wildman–Crippen MR) is 69.1 cm³/mol. The lowest BCUT2D eigenvalue weighted by molar-refractivity contribution is -0.140. The highest BCUT2D eigenvalue weighted by molar-refractivity contribution is 7.84. The fourth-order valence-electron chi connectivity index (χ4n) is 1.46. The summed E-state index contributed by atoms with van der Waals surface area (Å²) in [5, 5.41) is 8.30. The number of carbonyl (C=O) groups excluding carboxylic acids is 1. The van der Waals surface area contributed by atoms with Gasteiger partial charge in [0.2, 0.25) is 0 Å². The van der Waals surface area contributed by atoms with Crippen LogP contribution in [0.5, 0.6) is 0 Å². The molecule has 0 saturated carbocycles. The summed E-state index contributed by atoms with van der Waals surface area (Å²) in [6, 6.07) is 5.81. The Morgan fingerprint density at radius 1 is 1.58 bits per heavy atom. The van der Waals surface area contributed by atoms with Crippen LogP contribution in [0.1, 0.15) is 24.5 Å². The summed E-state index contributed by atoms with van der Waals surface area (Å²) in [6.07, 6.45) is 0.0165. The molecule has 1 aromatic carbocycles. The minimum atomic E-state index is -1.41. The van der Waals surface area contributed by atoms with E-state index in [1.54, 1.807) is 6.92 Å². The SMILES string of the molecule is COC(=O)CC(C)S(=O)Cc1cc(C#N)ccc1F. The molecule has 0 aliphatic rings. The van der Waals surface area contributed by atoms with Gasteiger partial charge in [-0.3, -0.25) is 9.00 Å². The van der Waals surface area contributed by atoms with Gasteiger partial charge in [0.1, 0.15) is 5.82 Å². The third-order valence-electron chi connectivity index (χ3n) is 2.60. The van der Waals surface area contributed by atoms with Crippen molar-refractivity contribution < 1.29 is 18.1 Å². The summed E-state index contributed by atoms with van der Waals surface area (Å²) in [6.45, 7) is 1.64. The highest BCUT2D eigenvalue weighted by Gasteiger charge is 2.18. The topological polar surface area (TPSA) is 67.2 Å². The molecule has 1 rings (SSSR count). The van der Waals surface area contributed by atoms with Crippen molar-refractivity contribution in [1.29, 1.82) is 5.26 Å². The highest BCUT2D eigenvalue weighted by atomic mass is 32.2. The number of benzene rings is 1. The van der Waals surface area contributed by atoms with Gasteiger partial charge in [0.05, 0.1) is 30.9 Å². The van der Waals surface area contributed by atoms with E-state index < -0.39 is 27.8 Å². The van der Waals surface area contributed by atoms with E-state index in [0.717, 1.165) is 0 Å². The van der Waals surface area contributed by atoms with Crippen molar-refractivity contribution in [2.75, 3.05) is 7.11 Å². The Kier molecular flexibility index (Phi) is 5.64. The lowest BCUT2D eigenvalue weighted by Gasteiger charge is -2.10. The first-order valence-corrected chi connectivity index (χ1v) is 6.98. The van der Waals surface area contributed by atoms with E-state index in [1.165, 1.54) is 25.3 Å². The summed E-state index contributed by atoms with van der Waals surface area (Å²) in [5.41, 5.74) is 0.531. The molecule has 0 aromatic heterocycles. The van der Waals surface area contributed by atoms with Gasteiger partial charge in [-0.1, -0.05) is 6.92 Å². The van der Waals surface area contributed by atoms with Crippen molar-refractivity contribution in [2.45, 2.75) is 24.3 Å². The summed E-state index contributed by atoms with van der Waals surface area (Å²) in [7, 11) is -0.151. The normalized spacial score (nSPS) is 13.4. The second-order valence-electron chi connectivity index (χ2n) is 4.03. The standard InChI is InChI=1S/C13H14FNO3S/c1-9(5-13(16)18-2)19(17)8-11-6-10(7-15)3-4-12(11)14/h3-4,6,9H,5,8H2,1-2H3. The van der Waals surface area contributed by atoms with E-state index in [1.807, 2.05) is 6.07 Å². The second kappa shape index (κ2) is 7.00. The lowest BCUT2D eigenvalue weighted by atomic mass is 10.1. The molecule has 0 bridgehead atoms. The second-order valence-corrected chi connectivity index (χ2v) is 5.89. The smallest absolute Gasteiger partial charge is 0.306 e. The Labute approximate surface area is 113 Å². The zero-order valence-electron chi connectivity index (χ0n) is 10.7. The average Bonchev–Trinajstić information content (AvgIpc) is 2.40.